The molecular formula is C19H22N2O2S. The van der Waals surface area contributed by atoms with Crippen molar-refractivity contribution in [3.8, 4) is 0 Å². The van der Waals surface area contributed by atoms with Gasteiger partial charge in [-0.05, 0) is 37.5 Å². The van der Waals surface area contributed by atoms with Gasteiger partial charge in [0.15, 0.2) is 5.78 Å². The minimum Gasteiger partial charge on any atom is -0.371 e. The van der Waals surface area contributed by atoms with Crippen LogP contribution in [0.1, 0.15) is 33.4 Å². The number of ketones is 1. The molecule has 1 aliphatic heterocycles. The third-order valence-corrected chi connectivity index (χ3v) is 5.51. The number of benzene rings is 1. The molecule has 0 bridgehead atoms. The lowest BCUT2D eigenvalue weighted by molar-refractivity contribution is 0.0777. The molecule has 0 unspecified atom stereocenters. The van der Waals surface area contributed by atoms with Crippen molar-refractivity contribution in [1.82, 2.24) is 4.90 Å². The SMILES string of the molecule is CC(=O)c1cc(C(=O)N(C)C[C@@H]2CCN(c3ccccc3)C2)cs1. The lowest BCUT2D eigenvalue weighted by Crippen LogP contribution is -2.33. The van der Waals surface area contributed by atoms with Gasteiger partial charge >= 0.3 is 0 Å². The van der Waals surface area contributed by atoms with Gasteiger partial charge in [-0.15, -0.1) is 11.3 Å². The number of anilines is 1. The minimum atomic E-state index is -0.00286. The molecule has 0 aliphatic carbocycles. The van der Waals surface area contributed by atoms with Gasteiger partial charge in [0.1, 0.15) is 0 Å². The largest absolute Gasteiger partial charge is 0.371 e. The smallest absolute Gasteiger partial charge is 0.254 e. The van der Waals surface area contributed by atoms with Crippen molar-refractivity contribution in [3.63, 3.8) is 0 Å². The molecule has 5 heteroatoms. The van der Waals surface area contributed by atoms with Crippen molar-refractivity contribution in [1.29, 1.82) is 0 Å². The van der Waals surface area contributed by atoms with Gasteiger partial charge in [-0.2, -0.15) is 0 Å². The zero-order valence-corrected chi connectivity index (χ0v) is 14.9. The number of carbonyl (C=O) groups is 2. The van der Waals surface area contributed by atoms with Crippen LogP contribution in [0.4, 0.5) is 5.69 Å². The molecule has 0 spiro atoms. The number of carbonyl (C=O) groups excluding carboxylic acids is 2. The maximum absolute atomic E-state index is 12.5. The molecule has 1 aliphatic rings. The monoisotopic (exact) mass is 342 g/mol. The van der Waals surface area contributed by atoms with E-state index in [-0.39, 0.29) is 11.7 Å². The molecule has 24 heavy (non-hydrogen) atoms. The number of Topliss-reactive ketones (excluding diaryl/α,β-unsaturated/α-hetero) is 1. The first-order valence-electron chi connectivity index (χ1n) is 8.19. The van der Waals surface area contributed by atoms with Crippen molar-refractivity contribution >= 4 is 28.7 Å². The second-order valence-electron chi connectivity index (χ2n) is 6.38. The molecule has 0 radical (unpaired) electrons. The summed E-state index contributed by atoms with van der Waals surface area (Å²) in [4.78, 5) is 28.7. The van der Waals surface area contributed by atoms with Crippen LogP contribution in [0.5, 0.6) is 0 Å². The first kappa shape index (κ1) is 16.7. The summed E-state index contributed by atoms with van der Waals surface area (Å²) in [5.41, 5.74) is 1.86. The van der Waals surface area contributed by atoms with Gasteiger partial charge < -0.3 is 9.80 Å². The van der Waals surface area contributed by atoms with E-state index in [0.29, 0.717) is 16.4 Å². The van der Waals surface area contributed by atoms with Crippen molar-refractivity contribution in [2.24, 2.45) is 5.92 Å². The van der Waals surface area contributed by atoms with Crippen molar-refractivity contribution in [2.45, 2.75) is 13.3 Å². The Morgan fingerprint density at radius 3 is 2.71 bits per heavy atom. The second-order valence-corrected chi connectivity index (χ2v) is 7.29. The zero-order valence-electron chi connectivity index (χ0n) is 14.1. The Bertz CT molecular complexity index is 726. The highest BCUT2D eigenvalue weighted by Crippen LogP contribution is 2.24. The highest BCUT2D eigenvalue weighted by molar-refractivity contribution is 7.12. The van der Waals surface area contributed by atoms with Crippen LogP contribution in [-0.4, -0.2) is 43.3 Å². The number of hydrogen-bond acceptors (Lipinski definition) is 4. The van der Waals surface area contributed by atoms with Crippen molar-refractivity contribution < 1.29 is 9.59 Å². The van der Waals surface area contributed by atoms with Crippen LogP contribution < -0.4 is 4.90 Å². The number of para-hydroxylation sites is 1. The molecule has 1 aromatic heterocycles. The Morgan fingerprint density at radius 2 is 2.04 bits per heavy atom. The lowest BCUT2D eigenvalue weighted by atomic mass is 10.1. The van der Waals surface area contributed by atoms with Crippen LogP contribution in [0.15, 0.2) is 41.8 Å². The van der Waals surface area contributed by atoms with E-state index >= 15 is 0 Å². The van der Waals surface area contributed by atoms with Gasteiger partial charge in [0.25, 0.3) is 5.91 Å². The molecule has 1 fully saturated rings. The first-order chi connectivity index (χ1) is 11.5. The van der Waals surface area contributed by atoms with E-state index in [1.165, 1.54) is 23.9 Å². The Morgan fingerprint density at radius 1 is 1.29 bits per heavy atom. The van der Waals surface area contributed by atoms with Gasteiger partial charge in [0.2, 0.25) is 0 Å². The van der Waals surface area contributed by atoms with E-state index in [0.717, 1.165) is 26.1 Å². The summed E-state index contributed by atoms with van der Waals surface area (Å²) in [6.45, 7) is 4.28. The average Bonchev–Trinajstić information content (AvgIpc) is 3.24. The molecule has 0 N–H and O–H groups in total. The van der Waals surface area contributed by atoms with Crippen LogP contribution in [0, 0.1) is 5.92 Å². The van der Waals surface area contributed by atoms with E-state index in [1.54, 1.807) is 16.3 Å². The van der Waals surface area contributed by atoms with Crippen molar-refractivity contribution in [3.05, 3.63) is 52.2 Å². The summed E-state index contributed by atoms with van der Waals surface area (Å²) >= 11 is 1.34. The zero-order chi connectivity index (χ0) is 17.1. The Balaban J connectivity index is 1.57. The standard InChI is InChI=1S/C19H22N2O2S/c1-14(22)18-10-16(13-24-18)19(23)20(2)11-15-8-9-21(12-15)17-6-4-3-5-7-17/h3-7,10,13,15H,8-9,11-12H2,1-2H3/t15-/m0/s1. The maximum atomic E-state index is 12.5. The third kappa shape index (κ3) is 3.67. The molecule has 2 aromatic rings. The van der Waals surface area contributed by atoms with Gasteiger partial charge in [-0.1, -0.05) is 18.2 Å². The van der Waals surface area contributed by atoms with Gasteiger partial charge in [0, 0.05) is 37.7 Å². The molecule has 0 saturated carbocycles. The molecular weight excluding hydrogens is 320 g/mol. The van der Waals surface area contributed by atoms with Gasteiger partial charge in [-0.3, -0.25) is 9.59 Å². The lowest BCUT2D eigenvalue weighted by Gasteiger charge is -2.22. The number of amides is 1. The summed E-state index contributed by atoms with van der Waals surface area (Å²) in [7, 11) is 1.85. The fraction of sp³-hybridized carbons (Fsp3) is 0.368. The molecule has 4 nitrogen and oxygen atoms in total. The number of rotatable bonds is 5. The van der Waals surface area contributed by atoms with Crippen LogP contribution >= 0.6 is 11.3 Å². The Labute approximate surface area is 146 Å². The summed E-state index contributed by atoms with van der Waals surface area (Å²) in [6.07, 6.45) is 1.09. The van der Waals surface area contributed by atoms with E-state index in [4.69, 9.17) is 0 Å². The molecule has 1 saturated heterocycles. The Hall–Kier alpha value is -2.14. The van der Waals surface area contributed by atoms with Gasteiger partial charge in [-0.25, -0.2) is 0 Å². The fourth-order valence-corrected chi connectivity index (χ4v) is 3.96. The highest BCUT2D eigenvalue weighted by Gasteiger charge is 2.25. The summed E-state index contributed by atoms with van der Waals surface area (Å²) in [6, 6.07) is 12.1. The highest BCUT2D eigenvalue weighted by atomic mass is 32.1. The summed E-state index contributed by atoms with van der Waals surface area (Å²) in [5, 5.41) is 1.78. The number of nitrogens with zero attached hydrogens (tertiary/aromatic N) is 2. The molecule has 1 aromatic carbocycles. The van der Waals surface area contributed by atoms with Crippen molar-refractivity contribution in [2.75, 3.05) is 31.6 Å². The number of hydrogen-bond donors (Lipinski definition) is 0. The summed E-state index contributed by atoms with van der Waals surface area (Å²) < 4.78 is 0. The average molecular weight is 342 g/mol. The predicted octanol–water partition coefficient (Wildman–Crippen LogP) is 3.55. The normalized spacial score (nSPS) is 17.1. The molecule has 3 rings (SSSR count). The molecule has 2 heterocycles. The predicted molar refractivity (Wildman–Crippen MR) is 98.0 cm³/mol. The molecule has 1 atom stereocenters. The van der Waals surface area contributed by atoms with Crippen LogP contribution in [-0.2, 0) is 0 Å². The molecule has 126 valence electrons. The number of thiophene rings is 1. The quantitative estimate of drug-likeness (QED) is 0.780. The minimum absolute atomic E-state index is 0.00286. The van der Waals surface area contributed by atoms with Crippen LogP contribution in [0.25, 0.3) is 0 Å². The third-order valence-electron chi connectivity index (χ3n) is 4.48. The second kappa shape index (κ2) is 7.18. The van der Waals surface area contributed by atoms with E-state index in [2.05, 4.69) is 29.2 Å². The van der Waals surface area contributed by atoms with Gasteiger partial charge in [0.05, 0.1) is 10.4 Å². The van der Waals surface area contributed by atoms with E-state index < -0.39 is 0 Å². The van der Waals surface area contributed by atoms with E-state index in [9.17, 15) is 9.59 Å². The summed E-state index contributed by atoms with van der Waals surface area (Å²) in [5.74, 6) is 0.484. The van der Waals surface area contributed by atoms with Crippen LogP contribution in [0.2, 0.25) is 0 Å². The van der Waals surface area contributed by atoms with Crippen LogP contribution in [0.3, 0.4) is 0 Å². The fourth-order valence-electron chi connectivity index (χ4n) is 3.18. The topological polar surface area (TPSA) is 40.6 Å². The molecule has 1 amide bonds. The first-order valence-corrected chi connectivity index (χ1v) is 9.07. The van der Waals surface area contributed by atoms with E-state index in [1.807, 2.05) is 13.1 Å². The Kier molecular flexibility index (Phi) is 5.00. The maximum Gasteiger partial charge on any atom is 0.254 e.